The van der Waals surface area contributed by atoms with Crippen LogP contribution in [0.15, 0.2) is 54.9 Å². The fourth-order valence-electron chi connectivity index (χ4n) is 3.16. The van der Waals surface area contributed by atoms with Crippen molar-refractivity contribution < 1.29 is 9.18 Å². The lowest BCUT2D eigenvalue weighted by molar-refractivity contribution is 0.102. The number of aromatic amines is 1. The van der Waals surface area contributed by atoms with Gasteiger partial charge in [0.25, 0.3) is 5.91 Å². The molecule has 0 saturated heterocycles. The van der Waals surface area contributed by atoms with Gasteiger partial charge in [-0.15, -0.1) is 0 Å². The molecule has 0 atom stereocenters. The van der Waals surface area contributed by atoms with Crippen molar-refractivity contribution in [3.05, 3.63) is 83.1 Å². The minimum atomic E-state index is -0.267. The number of H-pyrrole nitrogens is 1. The number of hydrogen-bond donors (Lipinski definition) is 2. The Kier molecular flexibility index (Phi) is 4.24. The van der Waals surface area contributed by atoms with E-state index in [-0.39, 0.29) is 11.7 Å². The van der Waals surface area contributed by atoms with Gasteiger partial charge < -0.3 is 10.3 Å². The molecule has 0 fully saturated rings. The number of nitrogens with one attached hydrogen (secondary N) is 2. The van der Waals surface area contributed by atoms with Gasteiger partial charge in [-0.05, 0) is 43.2 Å². The number of amides is 1. The lowest BCUT2D eigenvalue weighted by Crippen LogP contribution is -2.12. The Bertz CT molecular complexity index is 1130. The van der Waals surface area contributed by atoms with E-state index < -0.39 is 0 Å². The van der Waals surface area contributed by atoms with E-state index >= 15 is 0 Å². The maximum absolute atomic E-state index is 13.0. The molecule has 0 aliphatic rings. The van der Waals surface area contributed by atoms with E-state index in [4.69, 9.17) is 0 Å². The van der Waals surface area contributed by atoms with Gasteiger partial charge in [0.15, 0.2) is 0 Å². The Morgan fingerprint density at radius 2 is 1.96 bits per heavy atom. The number of carbonyl (C=O) groups is 1. The summed E-state index contributed by atoms with van der Waals surface area (Å²) in [5.74, 6) is -0.459. The molecular formula is C21H19FN4O. The number of benzene rings is 2. The third-order valence-electron chi connectivity index (χ3n) is 4.74. The number of fused-ring (bicyclic) bond motifs is 1. The normalized spacial score (nSPS) is 11.1. The molecule has 1 amide bonds. The molecule has 4 rings (SSSR count). The van der Waals surface area contributed by atoms with Crippen molar-refractivity contribution in [2.45, 2.75) is 20.4 Å². The molecule has 136 valence electrons. The zero-order valence-electron chi connectivity index (χ0n) is 15.1. The highest BCUT2D eigenvalue weighted by Gasteiger charge is 2.14. The largest absolute Gasteiger partial charge is 0.358 e. The second-order valence-electron chi connectivity index (χ2n) is 6.61. The molecule has 4 aromatic rings. The number of anilines is 1. The van der Waals surface area contributed by atoms with Gasteiger partial charge in [0.2, 0.25) is 0 Å². The summed E-state index contributed by atoms with van der Waals surface area (Å²) in [6.45, 7) is 4.53. The fraction of sp³-hybridized carbons (Fsp3) is 0.143. The SMILES string of the molecule is Cc1[nH]c2c(C(=O)Nc3cnn(Cc4ccc(F)cc4)c3)cccc2c1C. The summed E-state index contributed by atoms with van der Waals surface area (Å²) in [5.41, 5.74) is 5.17. The van der Waals surface area contributed by atoms with Crippen molar-refractivity contribution in [2.24, 2.45) is 0 Å². The Morgan fingerprint density at radius 3 is 2.74 bits per heavy atom. The molecule has 0 aliphatic heterocycles. The van der Waals surface area contributed by atoms with Gasteiger partial charge in [-0.3, -0.25) is 9.48 Å². The minimum Gasteiger partial charge on any atom is -0.358 e. The van der Waals surface area contributed by atoms with Crippen LogP contribution in [0.3, 0.4) is 0 Å². The summed E-state index contributed by atoms with van der Waals surface area (Å²) >= 11 is 0. The van der Waals surface area contributed by atoms with Gasteiger partial charge in [-0.25, -0.2) is 4.39 Å². The van der Waals surface area contributed by atoms with Crippen LogP contribution >= 0.6 is 0 Å². The maximum Gasteiger partial charge on any atom is 0.257 e. The zero-order valence-corrected chi connectivity index (χ0v) is 15.1. The van der Waals surface area contributed by atoms with E-state index in [1.807, 2.05) is 26.0 Å². The van der Waals surface area contributed by atoms with Crippen molar-refractivity contribution in [2.75, 3.05) is 5.32 Å². The lowest BCUT2D eigenvalue weighted by atomic mass is 10.1. The Labute approximate surface area is 155 Å². The monoisotopic (exact) mass is 362 g/mol. The molecule has 0 unspecified atom stereocenters. The lowest BCUT2D eigenvalue weighted by Gasteiger charge is -2.04. The van der Waals surface area contributed by atoms with Crippen molar-refractivity contribution in [3.8, 4) is 0 Å². The van der Waals surface area contributed by atoms with Crippen LogP contribution < -0.4 is 5.32 Å². The highest BCUT2D eigenvalue weighted by molar-refractivity contribution is 6.12. The van der Waals surface area contributed by atoms with Crippen LogP contribution in [0, 0.1) is 19.7 Å². The molecule has 5 nitrogen and oxygen atoms in total. The molecule has 0 spiro atoms. The molecule has 0 aliphatic carbocycles. The number of halogens is 1. The van der Waals surface area contributed by atoms with Gasteiger partial charge in [0.05, 0.1) is 29.5 Å². The Hall–Kier alpha value is -3.41. The minimum absolute atomic E-state index is 0.191. The van der Waals surface area contributed by atoms with E-state index in [2.05, 4.69) is 15.4 Å². The first-order chi connectivity index (χ1) is 13.0. The molecule has 6 heteroatoms. The smallest absolute Gasteiger partial charge is 0.257 e. The summed E-state index contributed by atoms with van der Waals surface area (Å²) < 4.78 is 14.7. The van der Waals surface area contributed by atoms with Crippen LogP contribution in [0.2, 0.25) is 0 Å². The maximum atomic E-state index is 13.0. The van der Waals surface area contributed by atoms with Crippen LogP contribution in [0.1, 0.15) is 27.2 Å². The highest BCUT2D eigenvalue weighted by Crippen LogP contribution is 2.24. The third kappa shape index (κ3) is 3.33. The molecule has 2 heterocycles. The summed E-state index contributed by atoms with van der Waals surface area (Å²) in [4.78, 5) is 16.0. The second kappa shape index (κ2) is 6.72. The third-order valence-corrected chi connectivity index (χ3v) is 4.74. The number of carbonyl (C=O) groups excluding carboxylic acids is 1. The number of aromatic nitrogens is 3. The molecular weight excluding hydrogens is 343 g/mol. The first-order valence-electron chi connectivity index (χ1n) is 8.67. The predicted molar refractivity (Wildman–Crippen MR) is 103 cm³/mol. The van der Waals surface area contributed by atoms with Crippen molar-refractivity contribution in [1.82, 2.24) is 14.8 Å². The number of aryl methyl sites for hydroxylation is 2. The first kappa shape index (κ1) is 17.0. The Balaban J connectivity index is 1.53. The average Bonchev–Trinajstić information content (AvgIpc) is 3.21. The average molecular weight is 362 g/mol. The van der Waals surface area contributed by atoms with Gasteiger partial charge in [-0.2, -0.15) is 5.10 Å². The van der Waals surface area contributed by atoms with Crippen molar-refractivity contribution >= 4 is 22.5 Å². The van der Waals surface area contributed by atoms with Crippen LogP contribution in [-0.4, -0.2) is 20.7 Å². The van der Waals surface area contributed by atoms with E-state index in [1.54, 1.807) is 35.3 Å². The standard InChI is InChI=1S/C21H19FN4O/c1-13-14(2)24-20-18(13)4-3-5-19(20)21(27)25-17-10-23-26(12-17)11-15-6-8-16(22)9-7-15/h3-10,12,24H,11H2,1-2H3,(H,25,27). The van der Waals surface area contributed by atoms with Gasteiger partial charge >= 0.3 is 0 Å². The highest BCUT2D eigenvalue weighted by atomic mass is 19.1. The van der Waals surface area contributed by atoms with E-state index in [1.165, 1.54) is 12.1 Å². The summed E-state index contributed by atoms with van der Waals surface area (Å²) in [7, 11) is 0. The Morgan fingerprint density at radius 1 is 1.19 bits per heavy atom. The molecule has 2 N–H and O–H groups in total. The molecule has 27 heavy (non-hydrogen) atoms. The summed E-state index contributed by atoms with van der Waals surface area (Å²) in [6.07, 6.45) is 3.36. The topological polar surface area (TPSA) is 62.7 Å². The number of rotatable bonds is 4. The number of para-hydroxylation sites is 1. The fourth-order valence-corrected chi connectivity index (χ4v) is 3.16. The first-order valence-corrected chi connectivity index (χ1v) is 8.67. The van der Waals surface area contributed by atoms with Crippen LogP contribution in [-0.2, 0) is 6.54 Å². The second-order valence-corrected chi connectivity index (χ2v) is 6.61. The number of nitrogens with zero attached hydrogens (tertiary/aromatic N) is 2. The summed E-state index contributed by atoms with van der Waals surface area (Å²) in [6, 6.07) is 12.0. The van der Waals surface area contributed by atoms with Crippen LogP contribution in [0.25, 0.3) is 10.9 Å². The zero-order chi connectivity index (χ0) is 19.0. The van der Waals surface area contributed by atoms with Crippen molar-refractivity contribution in [1.29, 1.82) is 0 Å². The van der Waals surface area contributed by atoms with E-state index in [9.17, 15) is 9.18 Å². The van der Waals surface area contributed by atoms with Crippen molar-refractivity contribution in [3.63, 3.8) is 0 Å². The quantitative estimate of drug-likeness (QED) is 0.564. The van der Waals surface area contributed by atoms with E-state index in [0.717, 1.165) is 27.7 Å². The van der Waals surface area contributed by atoms with Gasteiger partial charge in [-0.1, -0.05) is 24.3 Å². The molecule has 0 radical (unpaired) electrons. The van der Waals surface area contributed by atoms with Gasteiger partial charge in [0.1, 0.15) is 5.82 Å². The summed E-state index contributed by atoms with van der Waals surface area (Å²) in [5, 5.41) is 8.20. The predicted octanol–water partition coefficient (Wildman–Crippen LogP) is 4.42. The number of hydrogen-bond acceptors (Lipinski definition) is 2. The van der Waals surface area contributed by atoms with E-state index in [0.29, 0.717) is 17.8 Å². The molecule has 0 saturated carbocycles. The van der Waals surface area contributed by atoms with Crippen LogP contribution in [0.4, 0.5) is 10.1 Å². The van der Waals surface area contributed by atoms with Crippen LogP contribution in [0.5, 0.6) is 0 Å². The molecule has 0 bridgehead atoms. The molecule has 2 aromatic carbocycles. The van der Waals surface area contributed by atoms with Gasteiger partial charge in [0, 0.05) is 17.3 Å². The molecule has 2 aromatic heterocycles.